The maximum Gasteiger partial charge on any atom is 0.261 e. The molecule has 1 aliphatic heterocycles. The fourth-order valence-corrected chi connectivity index (χ4v) is 2.54. The average Bonchev–Trinajstić information content (AvgIpc) is 2.81. The highest BCUT2D eigenvalue weighted by atomic mass is 19.1. The number of nitrogens with zero attached hydrogens (tertiary/aromatic N) is 1. The van der Waals surface area contributed by atoms with Gasteiger partial charge in [-0.25, -0.2) is 4.39 Å². The molecular weight excluding hydrogens is 297 g/mol. The first-order valence-electron chi connectivity index (χ1n) is 7.50. The van der Waals surface area contributed by atoms with Gasteiger partial charge in [0.15, 0.2) is 0 Å². The van der Waals surface area contributed by atoms with Gasteiger partial charge in [0.1, 0.15) is 11.6 Å². The lowest BCUT2D eigenvalue weighted by Gasteiger charge is -2.13. The van der Waals surface area contributed by atoms with Gasteiger partial charge >= 0.3 is 0 Å². The Balaban J connectivity index is 1.46. The van der Waals surface area contributed by atoms with Gasteiger partial charge in [-0.3, -0.25) is 14.5 Å². The Morgan fingerprint density at radius 2 is 1.48 bits per heavy atom. The summed E-state index contributed by atoms with van der Waals surface area (Å²) in [6, 6.07) is 12.7. The summed E-state index contributed by atoms with van der Waals surface area (Å²) in [5.74, 6) is -0.162. The van der Waals surface area contributed by atoms with Crippen molar-refractivity contribution in [1.82, 2.24) is 4.90 Å². The molecule has 118 valence electrons. The fourth-order valence-electron chi connectivity index (χ4n) is 2.54. The number of carbonyl (C=O) groups excluding carboxylic acids is 2. The van der Waals surface area contributed by atoms with Crippen LogP contribution in [0.2, 0.25) is 0 Å². The standard InChI is InChI=1S/C18H16FNO3/c19-13-7-9-14(10-8-13)23-12-4-3-11-20-17(21)15-5-1-2-6-16(15)18(20)22/h1-2,5-10H,3-4,11-12H2. The predicted octanol–water partition coefficient (Wildman–Crippen LogP) is 3.28. The van der Waals surface area contributed by atoms with Gasteiger partial charge in [-0.1, -0.05) is 12.1 Å². The third-order valence-corrected chi connectivity index (χ3v) is 3.74. The summed E-state index contributed by atoms with van der Waals surface area (Å²) in [6.45, 7) is 0.827. The van der Waals surface area contributed by atoms with E-state index in [9.17, 15) is 14.0 Å². The number of fused-ring (bicyclic) bond motifs is 1. The molecule has 0 N–H and O–H groups in total. The number of hydrogen-bond donors (Lipinski definition) is 0. The zero-order valence-electron chi connectivity index (χ0n) is 12.5. The predicted molar refractivity (Wildman–Crippen MR) is 82.9 cm³/mol. The van der Waals surface area contributed by atoms with Crippen molar-refractivity contribution >= 4 is 11.8 Å². The van der Waals surface area contributed by atoms with E-state index in [-0.39, 0.29) is 17.6 Å². The number of halogens is 1. The molecule has 0 unspecified atom stereocenters. The highest BCUT2D eigenvalue weighted by molar-refractivity contribution is 6.21. The van der Waals surface area contributed by atoms with Crippen LogP contribution in [0.4, 0.5) is 4.39 Å². The first-order valence-corrected chi connectivity index (χ1v) is 7.50. The van der Waals surface area contributed by atoms with Crippen LogP contribution in [-0.2, 0) is 0 Å². The molecule has 0 aliphatic carbocycles. The number of unbranched alkanes of at least 4 members (excludes halogenated alkanes) is 1. The molecule has 0 fully saturated rings. The summed E-state index contributed by atoms with van der Waals surface area (Å²) < 4.78 is 18.2. The maximum absolute atomic E-state index is 12.8. The second kappa shape index (κ2) is 6.60. The second-order valence-electron chi connectivity index (χ2n) is 5.32. The Kier molecular flexibility index (Phi) is 4.37. The van der Waals surface area contributed by atoms with Crippen molar-refractivity contribution in [3.63, 3.8) is 0 Å². The minimum Gasteiger partial charge on any atom is -0.494 e. The molecule has 1 aliphatic rings. The van der Waals surface area contributed by atoms with Crippen LogP contribution in [0.3, 0.4) is 0 Å². The van der Waals surface area contributed by atoms with Crippen LogP contribution in [-0.4, -0.2) is 29.9 Å². The molecular formula is C18H16FNO3. The fraction of sp³-hybridized carbons (Fsp3) is 0.222. The van der Waals surface area contributed by atoms with Gasteiger partial charge in [-0.05, 0) is 49.2 Å². The number of imide groups is 1. The molecule has 0 aromatic heterocycles. The number of carbonyl (C=O) groups is 2. The monoisotopic (exact) mass is 313 g/mol. The molecule has 2 aromatic carbocycles. The van der Waals surface area contributed by atoms with E-state index in [1.54, 1.807) is 36.4 Å². The minimum atomic E-state index is -0.303. The Labute approximate surface area is 133 Å². The molecule has 2 amide bonds. The van der Waals surface area contributed by atoms with Crippen LogP contribution < -0.4 is 4.74 Å². The summed E-state index contributed by atoms with van der Waals surface area (Å²) in [4.78, 5) is 25.6. The number of benzene rings is 2. The zero-order valence-corrected chi connectivity index (χ0v) is 12.5. The van der Waals surface area contributed by atoms with Crippen molar-refractivity contribution < 1.29 is 18.7 Å². The third-order valence-electron chi connectivity index (χ3n) is 3.74. The minimum absolute atomic E-state index is 0.231. The summed E-state index contributed by atoms with van der Waals surface area (Å²) in [6.07, 6.45) is 1.36. The molecule has 0 spiro atoms. The lowest BCUT2D eigenvalue weighted by molar-refractivity contribution is 0.0649. The zero-order chi connectivity index (χ0) is 16.2. The van der Waals surface area contributed by atoms with E-state index in [2.05, 4.69) is 0 Å². The van der Waals surface area contributed by atoms with Gasteiger partial charge in [-0.2, -0.15) is 0 Å². The lowest BCUT2D eigenvalue weighted by atomic mass is 10.1. The quantitative estimate of drug-likeness (QED) is 0.607. The third kappa shape index (κ3) is 3.23. The first kappa shape index (κ1) is 15.2. The number of ether oxygens (including phenoxy) is 1. The Bertz CT molecular complexity index is 692. The smallest absolute Gasteiger partial charge is 0.261 e. The normalized spacial score (nSPS) is 13.3. The molecule has 0 atom stereocenters. The lowest BCUT2D eigenvalue weighted by Crippen LogP contribution is -2.30. The molecule has 5 heteroatoms. The number of rotatable bonds is 6. The van der Waals surface area contributed by atoms with Crippen LogP contribution in [0.15, 0.2) is 48.5 Å². The summed E-state index contributed by atoms with van der Waals surface area (Å²) in [5.41, 5.74) is 0.945. The van der Waals surface area contributed by atoms with E-state index in [4.69, 9.17) is 4.74 Å². The van der Waals surface area contributed by atoms with Crippen LogP contribution in [0.25, 0.3) is 0 Å². The summed E-state index contributed by atoms with van der Waals surface area (Å²) >= 11 is 0. The van der Waals surface area contributed by atoms with Gasteiger partial charge in [-0.15, -0.1) is 0 Å². The molecule has 2 aromatic rings. The summed E-state index contributed by atoms with van der Waals surface area (Å²) in [5, 5.41) is 0. The second-order valence-corrected chi connectivity index (χ2v) is 5.32. The number of amides is 2. The van der Waals surface area contributed by atoms with Gasteiger partial charge in [0.25, 0.3) is 11.8 Å². The Morgan fingerprint density at radius 1 is 0.870 bits per heavy atom. The van der Waals surface area contributed by atoms with E-state index in [0.29, 0.717) is 42.9 Å². The van der Waals surface area contributed by atoms with E-state index in [1.165, 1.54) is 17.0 Å². The van der Waals surface area contributed by atoms with Crippen molar-refractivity contribution in [1.29, 1.82) is 0 Å². The van der Waals surface area contributed by atoms with Gasteiger partial charge in [0.05, 0.1) is 17.7 Å². The Hall–Kier alpha value is -2.69. The molecule has 3 rings (SSSR count). The van der Waals surface area contributed by atoms with Gasteiger partial charge in [0, 0.05) is 6.54 Å². The topological polar surface area (TPSA) is 46.6 Å². The van der Waals surface area contributed by atoms with E-state index < -0.39 is 0 Å². The largest absolute Gasteiger partial charge is 0.494 e. The van der Waals surface area contributed by atoms with Crippen molar-refractivity contribution in [2.45, 2.75) is 12.8 Å². The molecule has 4 nitrogen and oxygen atoms in total. The van der Waals surface area contributed by atoms with Crippen LogP contribution >= 0.6 is 0 Å². The molecule has 0 saturated carbocycles. The Morgan fingerprint density at radius 3 is 2.09 bits per heavy atom. The molecule has 1 heterocycles. The van der Waals surface area contributed by atoms with E-state index in [1.807, 2.05) is 0 Å². The van der Waals surface area contributed by atoms with Crippen molar-refractivity contribution in [3.05, 3.63) is 65.5 Å². The maximum atomic E-state index is 12.8. The number of hydrogen-bond acceptors (Lipinski definition) is 3. The average molecular weight is 313 g/mol. The SMILES string of the molecule is O=C1c2ccccc2C(=O)N1CCCCOc1ccc(F)cc1. The van der Waals surface area contributed by atoms with Gasteiger partial charge in [0.2, 0.25) is 0 Å². The first-order chi connectivity index (χ1) is 11.2. The summed E-state index contributed by atoms with van der Waals surface area (Å²) in [7, 11) is 0. The molecule has 0 radical (unpaired) electrons. The highest BCUT2D eigenvalue weighted by Gasteiger charge is 2.34. The molecule has 0 saturated heterocycles. The molecule has 0 bridgehead atoms. The van der Waals surface area contributed by atoms with Gasteiger partial charge < -0.3 is 4.74 Å². The van der Waals surface area contributed by atoms with E-state index >= 15 is 0 Å². The van der Waals surface area contributed by atoms with Crippen molar-refractivity contribution in [3.8, 4) is 5.75 Å². The van der Waals surface area contributed by atoms with Crippen molar-refractivity contribution in [2.75, 3.05) is 13.2 Å². The van der Waals surface area contributed by atoms with Crippen molar-refractivity contribution in [2.24, 2.45) is 0 Å². The van der Waals surface area contributed by atoms with Crippen LogP contribution in [0, 0.1) is 5.82 Å². The van der Waals surface area contributed by atoms with Crippen LogP contribution in [0.5, 0.6) is 5.75 Å². The van der Waals surface area contributed by atoms with Crippen LogP contribution in [0.1, 0.15) is 33.6 Å². The molecule has 23 heavy (non-hydrogen) atoms. The highest BCUT2D eigenvalue weighted by Crippen LogP contribution is 2.22. The van der Waals surface area contributed by atoms with E-state index in [0.717, 1.165) is 0 Å².